The molecule has 0 aromatic heterocycles. The summed E-state index contributed by atoms with van der Waals surface area (Å²) in [5.74, 6) is 0.822. The van der Waals surface area contributed by atoms with Crippen molar-refractivity contribution in [2.24, 2.45) is 5.92 Å². The number of amides is 1. The van der Waals surface area contributed by atoms with E-state index in [1.807, 2.05) is 12.1 Å². The minimum Gasteiger partial charge on any atom is -0.398 e. The summed E-state index contributed by atoms with van der Waals surface area (Å²) in [6, 6.07) is 6.01. The largest absolute Gasteiger partial charge is 0.398 e. The molecular weight excluding hydrogens is 274 g/mol. The molecule has 4 nitrogen and oxygen atoms in total. The molecule has 2 aliphatic rings. The van der Waals surface area contributed by atoms with Crippen LogP contribution in [0.3, 0.4) is 0 Å². The van der Waals surface area contributed by atoms with Crippen molar-refractivity contribution in [2.45, 2.75) is 44.9 Å². The predicted octanol–water partition coefficient (Wildman–Crippen LogP) is 2.72. The van der Waals surface area contributed by atoms with Gasteiger partial charge in [-0.1, -0.05) is 25.3 Å². The minimum atomic E-state index is 0.140. The van der Waals surface area contributed by atoms with Crippen LogP contribution in [0.5, 0.6) is 0 Å². The van der Waals surface area contributed by atoms with Gasteiger partial charge in [0, 0.05) is 24.5 Å². The molecule has 0 atom stereocenters. The zero-order valence-corrected chi connectivity index (χ0v) is 13.3. The van der Waals surface area contributed by atoms with Crippen LogP contribution in [0.15, 0.2) is 18.2 Å². The van der Waals surface area contributed by atoms with E-state index < -0.39 is 0 Å². The Bertz CT molecular complexity index is 523. The Morgan fingerprint density at radius 1 is 1.23 bits per heavy atom. The topological polar surface area (TPSA) is 58.4 Å². The number of hydrogen-bond donors (Lipinski definition) is 2. The van der Waals surface area contributed by atoms with Crippen LogP contribution in [0, 0.1) is 5.92 Å². The Balaban J connectivity index is 1.55. The molecule has 1 fully saturated rings. The SMILES string of the molecule is Nc1cccc2c1CCCN2CC(=O)NCC1CCCCC1. The third-order valence-electron chi connectivity index (χ3n) is 5.03. The lowest BCUT2D eigenvalue weighted by molar-refractivity contribution is -0.120. The molecule has 0 bridgehead atoms. The Hall–Kier alpha value is -1.71. The highest BCUT2D eigenvalue weighted by Gasteiger charge is 2.21. The number of rotatable bonds is 4. The van der Waals surface area contributed by atoms with Crippen LogP contribution >= 0.6 is 0 Å². The number of nitrogen functional groups attached to an aromatic ring is 1. The fourth-order valence-electron chi connectivity index (χ4n) is 3.77. The molecule has 120 valence electrons. The van der Waals surface area contributed by atoms with Crippen LogP contribution in [0.4, 0.5) is 11.4 Å². The molecule has 4 heteroatoms. The lowest BCUT2D eigenvalue weighted by atomic mass is 9.89. The second-order valence-corrected chi connectivity index (χ2v) is 6.68. The third-order valence-corrected chi connectivity index (χ3v) is 5.03. The first-order valence-electron chi connectivity index (χ1n) is 8.63. The highest BCUT2D eigenvalue weighted by molar-refractivity contribution is 5.82. The number of nitrogens with one attached hydrogen (secondary N) is 1. The Labute approximate surface area is 133 Å². The third kappa shape index (κ3) is 3.54. The molecule has 22 heavy (non-hydrogen) atoms. The molecule has 1 amide bonds. The van der Waals surface area contributed by atoms with Crippen molar-refractivity contribution >= 4 is 17.3 Å². The molecule has 0 radical (unpaired) electrons. The molecule has 0 saturated heterocycles. The van der Waals surface area contributed by atoms with Gasteiger partial charge in [0.15, 0.2) is 0 Å². The van der Waals surface area contributed by atoms with Crippen LogP contribution in [0.25, 0.3) is 0 Å². The van der Waals surface area contributed by atoms with Crippen LogP contribution in [-0.2, 0) is 11.2 Å². The molecule has 1 heterocycles. The number of carbonyl (C=O) groups excluding carboxylic acids is 1. The number of nitrogens with zero attached hydrogens (tertiary/aromatic N) is 1. The van der Waals surface area contributed by atoms with E-state index in [2.05, 4.69) is 16.3 Å². The number of nitrogens with two attached hydrogens (primary N) is 1. The first kappa shape index (κ1) is 15.2. The maximum atomic E-state index is 12.3. The van der Waals surface area contributed by atoms with Crippen LogP contribution in [-0.4, -0.2) is 25.5 Å². The Morgan fingerprint density at radius 2 is 2.05 bits per heavy atom. The lowest BCUT2D eigenvalue weighted by Crippen LogP contribution is -2.41. The monoisotopic (exact) mass is 301 g/mol. The van der Waals surface area contributed by atoms with Crippen molar-refractivity contribution in [3.05, 3.63) is 23.8 Å². The zero-order chi connectivity index (χ0) is 15.4. The van der Waals surface area contributed by atoms with Gasteiger partial charge in [0.2, 0.25) is 5.91 Å². The van der Waals surface area contributed by atoms with E-state index in [0.29, 0.717) is 12.5 Å². The summed E-state index contributed by atoms with van der Waals surface area (Å²) in [5, 5.41) is 3.13. The molecule has 1 aliphatic heterocycles. The van der Waals surface area contributed by atoms with E-state index in [-0.39, 0.29) is 5.91 Å². The Kier molecular flexibility index (Phi) is 4.86. The van der Waals surface area contributed by atoms with E-state index in [1.54, 1.807) is 0 Å². The van der Waals surface area contributed by atoms with Gasteiger partial charge in [-0.25, -0.2) is 0 Å². The minimum absolute atomic E-state index is 0.140. The Morgan fingerprint density at radius 3 is 2.86 bits per heavy atom. The number of carbonyl (C=O) groups is 1. The molecule has 1 saturated carbocycles. The summed E-state index contributed by atoms with van der Waals surface area (Å²) >= 11 is 0. The van der Waals surface area contributed by atoms with Gasteiger partial charge in [-0.2, -0.15) is 0 Å². The number of anilines is 2. The summed E-state index contributed by atoms with van der Waals surface area (Å²) in [6.45, 7) is 2.23. The van der Waals surface area contributed by atoms with Gasteiger partial charge in [0.1, 0.15) is 0 Å². The number of hydrogen-bond acceptors (Lipinski definition) is 3. The summed E-state index contributed by atoms with van der Waals surface area (Å²) in [5.41, 5.74) is 9.26. The quantitative estimate of drug-likeness (QED) is 0.841. The highest BCUT2D eigenvalue weighted by atomic mass is 16.2. The number of benzene rings is 1. The second kappa shape index (κ2) is 7.03. The summed E-state index contributed by atoms with van der Waals surface area (Å²) in [4.78, 5) is 14.4. The molecule has 0 spiro atoms. The molecule has 1 aromatic rings. The van der Waals surface area contributed by atoms with Crippen molar-refractivity contribution in [1.82, 2.24) is 5.32 Å². The van der Waals surface area contributed by atoms with Gasteiger partial charge >= 0.3 is 0 Å². The fourth-order valence-corrected chi connectivity index (χ4v) is 3.77. The van der Waals surface area contributed by atoms with E-state index in [4.69, 9.17) is 5.73 Å². The zero-order valence-electron chi connectivity index (χ0n) is 13.3. The van der Waals surface area contributed by atoms with Gasteiger partial charge in [-0.3, -0.25) is 4.79 Å². The average molecular weight is 301 g/mol. The van der Waals surface area contributed by atoms with Gasteiger partial charge in [0.05, 0.1) is 6.54 Å². The van der Waals surface area contributed by atoms with Gasteiger partial charge in [-0.15, -0.1) is 0 Å². The van der Waals surface area contributed by atoms with Crippen molar-refractivity contribution in [3.63, 3.8) is 0 Å². The summed E-state index contributed by atoms with van der Waals surface area (Å²) in [6.07, 6.45) is 8.61. The highest BCUT2D eigenvalue weighted by Crippen LogP contribution is 2.31. The maximum Gasteiger partial charge on any atom is 0.239 e. The predicted molar refractivity (Wildman–Crippen MR) is 91.0 cm³/mol. The van der Waals surface area contributed by atoms with E-state index in [9.17, 15) is 4.79 Å². The fraction of sp³-hybridized carbons (Fsp3) is 0.611. The van der Waals surface area contributed by atoms with Crippen LogP contribution in [0.1, 0.15) is 44.1 Å². The maximum absolute atomic E-state index is 12.3. The molecule has 0 unspecified atom stereocenters. The summed E-state index contributed by atoms with van der Waals surface area (Å²) in [7, 11) is 0. The van der Waals surface area contributed by atoms with Crippen molar-refractivity contribution in [1.29, 1.82) is 0 Å². The first-order valence-corrected chi connectivity index (χ1v) is 8.63. The van der Waals surface area contributed by atoms with Crippen LogP contribution < -0.4 is 16.0 Å². The van der Waals surface area contributed by atoms with Gasteiger partial charge in [0.25, 0.3) is 0 Å². The van der Waals surface area contributed by atoms with Gasteiger partial charge < -0.3 is 16.0 Å². The normalized spacial score (nSPS) is 18.8. The van der Waals surface area contributed by atoms with E-state index in [0.717, 1.165) is 37.3 Å². The van der Waals surface area contributed by atoms with Crippen molar-refractivity contribution < 1.29 is 4.79 Å². The number of fused-ring (bicyclic) bond motifs is 1. The molecule has 3 N–H and O–H groups in total. The van der Waals surface area contributed by atoms with Crippen LogP contribution in [0.2, 0.25) is 0 Å². The molecular formula is C18H27N3O. The second-order valence-electron chi connectivity index (χ2n) is 6.68. The first-order chi connectivity index (χ1) is 10.7. The summed E-state index contributed by atoms with van der Waals surface area (Å²) < 4.78 is 0. The average Bonchev–Trinajstić information content (AvgIpc) is 2.55. The standard InChI is InChI=1S/C18H27N3O/c19-16-9-4-10-17-15(16)8-5-11-21(17)13-18(22)20-12-14-6-2-1-3-7-14/h4,9-10,14H,1-3,5-8,11-13,19H2,(H,20,22). The van der Waals surface area contributed by atoms with Gasteiger partial charge in [-0.05, 0) is 49.3 Å². The van der Waals surface area contributed by atoms with Crippen molar-refractivity contribution in [3.8, 4) is 0 Å². The molecule has 1 aromatic carbocycles. The smallest absolute Gasteiger partial charge is 0.239 e. The lowest BCUT2D eigenvalue weighted by Gasteiger charge is -2.31. The molecule has 1 aliphatic carbocycles. The molecule has 3 rings (SSSR count). The van der Waals surface area contributed by atoms with E-state index in [1.165, 1.54) is 37.7 Å². The van der Waals surface area contributed by atoms with E-state index >= 15 is 0 Å². The van der Waals surface area contributed by atoms with Crippen molar-refractivity contribution in [2.75, 3.05) is 30.3 Å².